The molecule has 0 radical (unpaired) electrons. The SMILES string of the molecule is CC(C)CC#CO[C@H](C)c1c(C(C)C)cc(C(C)C)cc1C(C)C. The van der Waals surface area contributed by atoms with Crippen LogP contribution >= 0.6 is 0 Å². The van der Waals surface area contributed by atoms with E-state index in [1.54, 1.807) is 0 Å². The van der Waals surface area contributed by atoms with Crippen LogP contribution in [0.3, 0.4) is 0 Å². The fourth-order valence-corrected chi connectivity index (χ4v) is 2.92. The molecule has 134 valence electrons. The van der Waals surface area contributed by atoms with Gasteiger partial charge in [-0.2, -0.15) is 0 Å². The second-order valence-electron chi connectivity index (χ2n) is 8.21. The minimum Gasteiger partial charge on any atom is -0.439 e. The van der Waals surface area contributed by atoms with Crippen LogP contribution in [0.25, 0.3) is 0 Å². The molecule has 0 saturated heterocycles. The number of hydrogen-bond donors (Lipinski definition) is 0. The molecular formula is C23H36O. The topological polar surface area (TPSA) is 9.23 Å². The van der Waals surface area contributed by atoms with Crippen LogP contribution in [0.4, 0.5) is 0 Å². The fraction of sp³-hybridized carbons (Fsp3) is 0.652. The Morgan fingerprint density at radius 1 is 0.792 bits per heavy atom. The lowest BCUT2D eigenvalue weighted by molar-refractivity contribution is 0.185. The highest BCUT2D eigenvalue weighted by Crippen LogP contribution is 2.36. The summed E-state index contributed by atoms with van der Waals surface area (Å²) in [5.74, 6) is 5.22. The highest BCUT2D eigenvalue weighted by molar-refractivity contribution is 5.45. The summed E-state index contributed by atoms with van der Waals surface area (Å²) in [5.41, 5.74) is 5.57. The van der Waals surface area contributed by atoms with E-state index >= 15 is 0 Å². The molecule has 1 aromatic carbocycles. The molecule has 1 nitrogen and oxygen atoms in total. The van der Waals surface area contributed by atoms with Gasteiger partial charge in [0.1, 0.15) is 12.2 Å². The molecule has 0 saturated carbocycles. The summed E-state index contributed by atoms with van der Waals surface area (Å²) in [7, 11) is 0. The molecule has 0 aliphatic rings. The molecule has 1 aromatic rings. The van der Waals surface area contributed by atoms with Crippen molar-refractivity contribution < 1.29 is 4.74 Å². The second kappa shape index (κ2) is 9.16. The minimum absolute atomic E-state index is 0.000625. The third-order valence-corrected chi connectivity index (χ3v) is 4.40. The molecule has 1 atom stereocenters. The van der Waals surface area contributed by atoms with Gasteiger partial charge in [-0.1, -0.05) is 73.4 Å². The summed E-state index contributed by atoms with van der Waals surface area (Å²) in [5, 5.41) is 0. The predicted molar refractivity (Wildman–Crippen MR) is 105 cm³/mol. The number of benzene rings is 1. The monoisotopic (exact) mass is 328 g/mol. The molecule has 0 bridgehead atoms. The molecule has 0 fully saturated rings. The summed E-state index contributed by atoms with van der Waals surface area (Å²) in [4.78, 5) is 0. The smallest absolute Gasteiger partial charge is 0.133 e. The van der Waals surface area contributed by atoms with Crippen LogP contribution in [0.5, 0.6) is 0 Å². The van der Waals surface area contributed by atoms with Crippen LogP contribution in [0.1, 0.15) is 115 Å². The van der Waals surface area contributed by atoms with Gasteiger partial charge in [-0.25, -0.2) is 0 Å². The van der Waals surface area contributed by atoms with Crippen molar-refractivity contribution in [3.8, 4) is 12.0 Å². The van der Waals surface area contributed by atoms with Crippen LogP contribution in [0, 0.1) is 17.9 Å². The van der Waals surface area contributed by atoms with Gasteiger partial charge in [0.25, 0.3) is 0 Å². The Hall–Kier alpha value is -1.42. The maximum Gasteiger partial charge on any atom is 0.133 e. The van der Waals surface area contributed by atoms with Crippen molar-refractivity contribution in [2.45, 2.75) is 92.6 Å². The van der Waals surface area contributed by atoms with E-state index in [0.717, 1.165) is 6.42 Å². The zero-order valence-corrected chi connectivity index (χ0v) is 17.2. The first-order valence-electron chi connectivity index (χ1n) is 9.46. The summed E-state index contributed by atoms with van der Waals surface area (Å²) in [6.07, 6.45) is 3.82. The Morgan fingerprint density at radius 2 is 1.29 bits per heavy atom. The van der Waals surface area contributed by atoms with E-state index in [4.69, 9.17) is 4.74 Å². The van der Waals surface area contributed by atoms with Gasteiger partial charge in [-0.3, -0.25) is 0 Å². The molecule has 0 spiro atoms. The van der Waals surface area contributed by atoms with Gasteiger partial charge >= 0.3 is 0 Å². The van der Waals surface area contributed by atoms with Gasteiger partial charge in [-0.05, 0) is 47.3 Å². The van der Waals surface area contributed by atoms with Crippen molar-refractivity contribution in [3.05, 3.63) is 34.4 Å². The minimum atomic E-state index is 0.000625. The molecular weight excluding hydrogens is 292 g/mol. The van der Waals surface area contributed by atoms with Crippen LogP contribution in [-0.4, -0.2) is 0 Å². The lowest BCUT2D eigenvalue weighted by Crippen LogP contribution is -2.10. The van der Waals surface area contributed by atoms with Crippen LogP contribution in [-0.2, 0) is 4.74 Å². The molecule has 1 heteroatoms. The molecule has 0 aromatic heterocycles. The molecule has 0 aliphatic carbocycles. The number of rotatable bonds is 6. The van der Waals surface area contributed by atoms with E-state index in [9.17, 15) is 0 Å². The largest absolute Gasteiger partial charge is 0.439 e. The first-order valence-corrected chi connectivity index (χ1v) is 9.46. The zero-order valence-electron chi connectivity index (χ0n) is 17.2. The van der Waals surface area contributed by atoms with E-state index in [0.29, 0.717) is 23.7 Å². The van der Waals surface area contributed by atoms with Crippen molar-refractivity contribution in [1.82, 2.24) is 0 Å². The van der Waals surface area contributed by atoms with E-state index < -0.39 is 0 Å². The Balaban J connectivity index is 3.29. The van der Waals surface area contributed by atoms with Crippen molar-refractivity contribution in [3.63, 3.8) is 0 Å². The van der Waals surface area contributed by atoms with Crippen LogP contribution in [0.2, 0.25) is 0 Å². The third-order valence-electron chi connectivity index (χ3n) is 4.40. The van der Waals surface area contributed by atoms with Gasteiger partial charge in [0.05, 0.1) is 0 Å². The summed E-state index contributed by atoms with van der Waals surface area (Å²) in [6, 6.07) is 4.75. The fourth-order valence-electron chi connectivity index (χ4n) is 2.92. The highest BCUT2D eigenvalue weighted by Gasteiger charge is 2.21. The Bertz CT molecular complexity index is 553. The van der Waals surface area contributed by atoms with Crippen LogP contribution in [0.15, 0.2) is 12.1 Å². The predicted octanol–water partition coefficient (Wildman–Crippen LogP) is 7.14. The molecule has 0 aliphatic heterocycles. The van der Waals surface area contributed by atoms with Gasteiger partial charge < -0.3 is 4.74 Å². The summed E-state index contributed by atoms with van der Waals surface area (Å²) >= 11 is 0. The Labute approximate surface area is 150 Å². The van der Waals surface area contributed by atoms with Crippen LogP contribution < -0.4 is 0 Å². The van der Waals surface area contributed by atoms with E-state index in [1.165, 1.54) is 22.3 Å². The van der Waals surface area contributed by atoms with Gasteiger partial charge in [-0.15, -0.1) is 0 Å². The number of ether oxygens (including phenoxy) is 1. The maximum absolute atomic E-state index is 5.90. The zero-order chi connectivity index (χ0) is 18.4. The molecule has 0 amide bonds. The normalized spacial score (nSPS) is 12.7. The first kappa shape index (κ1) is 20.6. The van der Waals surface area contributed by atoms with Crippen molar-refractivity contribution in [2.24, 2.45) is 5.92 Å². The Kier molecular flexibility index (Phi) is 7.88. The average molecular weight is 329 g/mol. The molecule has 24 heavy (non-hydrogen) atoms. The Morgan fingerprint density at radius 3 is 1.67 bits per heavy atom. The molecule has 0 heterocycles. The van der Waals surface area contributed by atoms with E-state index in [2.05, 4.69) is 86.5 Å². The van der Waals surface area contributed by atoms with Crippen molar-refractivity contribution in [1.29, 1.82) is 0 Å². The lowest BCUT2D eigenvalue weighted by atomic mass is 9.82. The van der Waals surface area contributed by atoms with Gasteiger partial charge in [0, 0.05) is 12.0 Å². The maximum atomic E-state index is 5.90. The first-order chi connectivity index (χ1) is 11.1. The third kappa shape index (κ3) is 5.59. The second-order valence-corrected chi connectivity index (χ2v) is 8.21. The van der Waals surface area contributed by atoms with E-state index in [-0.39, 0.29) is 6.10 Å². The van der Waals surface area contributed by atoms with E-state index in [1.807, 2.05) is 0 Å². The highest BCUT2D eigenvalue weighted by atomic mass is 16.5. The van der Waals surface area contributed by atoms with Crippen molar-refractivity contribution >= 4 is 0 Å². The lowest BCUT2D eigenvalue weighted by Gasteiger charge is -2.25. The summed E-state index contributed by atoms with van der Waals surface area (Å²) in [6.45, 7) is 20.1. The van der Waals surface area contributed by atoms with Gasteiger partial charge in [0.2, 0.25) is 0 Å². The standard InChI is InChI=1S/C23H36O/c1-15(2)11-10-12-24-19(9)23-21(17(5)6)13-20(16(3)4)14-22(23)18(7)8/h13-19H,11H2,1-9H3/t19-/m1/s1. The molecule has 1 rings (SSSR count). The quantitative estimate of drug-likeness (QED) is 0.504. The molecule has 0 N–H and O–H groups in total. The average Bonchev–Trinajstić information content (AvgIpc) is 2.49. The number of hydrogen-bond acceptors (Lipinski definition) is 1. The van der Waals surface area contributed by atoms with Gasteiger partial charge in [0.15, 0.2) is 0 Å². The molecule has 0 unspecified atom stereocenters. The summed E-state index contributed by atoms with van der Waals surface area (Å²) < 4.78 is 5.90. The van der Waals surface area contributed by atoms with Crippen molar-refractivity contribution in [2.75, 3.05) is 0 Å².